The lowest BCUT2D eigenvalue weighted by atomic mass is 9.99. The van der Waals surface area contributed by atoms with Crippen LogP contribution in [0.4, 0.5) is 14.7 Å². The normalized spacial score (nSPS) is 24.3. The topological polar surface area (TPSA) is 121 Å². The third kappa shape index (κ3) is 5.53. The summed E-state index contributed by atoms with van der Waals surface area (Å²) >= 11 is 0. The summed E-state index contributed by atoms with van der Waals surface area (Å²) in [5.74, 6) is 0.293. The first-order valence-corrected chi connectivity index (χ1v) is 13.8. The van der Waals surface area contributed by atoms with Crippen LogP contribution in [0.3, 0.4) is 0 Å². The van der Waals surface area contributed by atoms with Crippen LogP contribution in [0.25, 0.3) is 11.0 Å². The lowest BCUT2D eigenvalue weighted by Crippen LogP contribution is -2.44. The highest BCUT2D eigenvalue weighted by atomic mass is 32.2. The van der Waals surface area contributed by atoms with Crippen LogP contribution >= 0.6 is 0 Å². The number of nitrogens with one attached hydrogen (secondary N) is 1. The van der Waals surface area contributed by atoms with Gasteiger partial charge in [0.15, 0.2) is 0 Å². The molecule has 0 spiro atoms. The maximum atomic E-state index is 13.6. The largest absolute Gasteiger partial charge is 0.388 e. The van der Waals surface area contributed by atoms with Crippen molar-refractivity contribution in [2.75, 3.05) is 44.8 Å². The standard InChI is InChI=1S/C23H34F2N6O4S/c1-23(33)8-4-5-18(23)31-20-15(13-17(19(24)25)21(31)32)14-26-22(28-20)27-16-6-9-30(10-7-16)36(34,35)12-11-29(2)3/h13-14,16,18-19,33H,4-12H2,1-3H3,(H,26,27,28)/t18-,23-/m1/s1. The van der Waals surface area contributed by atoms with Gasteiger partial charge in [-0.1, -0.05) is 0 Å². The van der Waals surface area contributed by atoms with Crippen LogP contribution in [0.2, 0.25) is 0 Å². The van der Waals surface area contributed by atoms with Crippen LogP contribution in [0, 0.1) is 0 Å². The van der Waals surface area contributed by atoms with E-state index in [-0.39, 0.29) is 23.4 Å². The second-order valence-corrected chi connectivity index (χ2v) is 12.3. The van der Waals surface area contributed by atoms with E-state index >= 15 is 0 Å². The van der Waals surface area contributed by atoms with Crippen molar-refractivity contribution in [3.63, 3.8) is 0 Å². The van der Waals surface area contributed by atoms with E-state index in [1.54, 1.807) is 6.92 Å². The first-order chi connectivity index (χ1) is 16.9. The molecular weight excluding hydrogens is 494 g/mol. The van der Waals surface area contributed by atoms with Crippen LogP contribution in [-0.4, -0.2) is 88.4 Å². The minimum absolute atomic E-state index is 0.0644. The number of alkyl halides is 2. The van der Waals surface area contributed by atoms with Gasteiger partial charge in [0.1, 0.15) is 5.65 Å². The predicted octanol–water partition coefficient (Wildman–Crippen LogP) is 1.97. The summed E-state index contributed by atoms with van der Waals surface area (Å²) in [6.07, 6.45) is 1.14. The van der Waals surface area contributed by atoms with Crippen molar-refractivity contribution >= 4 is 27.0 Å². The van der Waals surface area contributed by atoms with Crippen LogP contribution in [0.1, 0.15) is 57.1 Å². The van der Waals surface area contributed by atoms with Crippen molar-refractivity contribution in [3.8, 4) is 0 Å². The molecule has 1 saturated heterocycles. The van der Waals surface area contributed by atoms with Gasteiger partial charge in [-0.3, -0.25) is 9.36 Å². The van der Waals surface area contributed by atoms with E-state index < -0.39 is 39.2 Å². The molecule has 2 N–H and O–H groups in total. The SMILES string of the molecule is CN(C)CCS(=O)(=O)N1CCC(Nc2ncc3cc(C(F)F)c(=O)n([C@@H]4CCC[C@@]4(C)O)c3n2)CC1. The van der Waals surface area contributed by atoms with Crippen molar-refractivity contribution in [1.82, 2.24) is 23.7 Å². The number of anilines is 1. The molecule has 2 atom stereocenters. The highest BCUT2D eigenvalue weighted by Gasteiger charge is 2.40. The summed E-state index contributed by atoms with van der Waals surface area (Å²) in [5.41, 5.74) is -2.53. The minimum atomic E-state index is -3.34. The fourth-order valence-electron chi connectivity index (χ4n) is 5.08. The van der Waals surface area contributed by atoms with E-state index in [1.807, 2.05) is 19.0 Å². The zero-order chi connectivity index (χ0) is 26.3. The van der Waals surface area contributed by atoms with E-state index in [0.717, 1.165) is 6.07 Å². The molecule has 3 heterocycles. The second kappa shape index (κ2) is 10.3. The van der Waals surface area contributed by atoms with Crippen LogP contribution < -0.4 is 10.9 Å². The van der Waals surface area contributed by atoms with Gasteiger partial charge in [-0.05, 0) is 59.2 Å². The van der Waals surface area contributed by atoms with Crippen molar-refractivity contribution in [2.45, 2.75) is 63.1 Å². The van der Waals surface area contributed by atoms with Gasteiger partial charge < -0.3 is 15.3 Å². The van der Waals surface area contributed by atoms with Gasteiger partial charge in [-0.2, -0.15) is 4.98 Å². The molecule has 0 aromatic carbocycles. The van der Waals surface area contributed by atoms with Crippen LogP contribution in [-0.2, 0) is 10.0 Å². The lowest BCUT2D eigenvalue weighted by molar-refractivity contribution is 0.0261. The quantitative estimate of drug-likeness (QED) is 0.534. The van der Waals surface area contributed by atoms with Gasteiger partial charge in [-0.25, -0.2) is 26.5 Å². The molecule has 0 unspecified atom stereocenters. The van der Waals surface area contributed by atoms with Crippen molar-refractivity contribution in [1.29, 1.82) is 0 Å². The molecular formula is C23H34F2N6O4S. The Morgan fingerprint density at radius 2 is 1.97 bits per heavy atom. The number of hydrogen-bond acceptors (Lipinski definition) is 8. The number of rotatable bonds is 8. The van der Waals surface area contributed by atoms with Crippen LogP contribution in [0.5, 0.6) is 0 Å². The lowest BCUT2D eigenvalue weighted by Gasteiger charge is -2.32. The summed E-state index contributed by atoms with van der Waals surface area (Å²) in [6.45, 7) is 2.80. The molecule has 1 aliphatic carbocycles. The Bertz CT molecular complexity index is 1260. The molecule has 4 rings (SSSR count). The summed E-state index contributed by atoms with van der Waals surface area (Å²) in [5, 5.41) is 14.4. The van der Waals surface area contributed by atoms with E-state index in [9.17, 15) is 27.1 Å². The number of nitrogens with zero attached hydrogens (tertiary/aromatic N) is 5. The molecule has 2 aliphatic rings. The maximum Gasteiger partial charge on any atom is 0.269 e. The number of aliphatic hydroxyl groups is 1. The molecule has 0 bridgehead atoms. The smallest absolute Gasteiger partial charge is 0.269 e. The summed E-state index contributed by atoms with van der Waals surface area (Å²) in [6, 6.07) is 0.353. The molecule has 36 heavy (non-hydrogen) atoms. The van der Waals surface area contributed by atoms with Gasteiger partial charge in [0.2, 0.25) is 16.0 Å². The number of fused-ring (bicyclic) bond motifs is 1. The zero-order valence-electron chi connectivity index (χ0n) is 20.8. The monoisotopic (exact) mass is 528 g/mol. The number of pyridine rings is 1. The first-order valence-electron chi connectivity index (χ1n) is 12.2. The summed E-state index contributed by atoms with van der Waals surface area (Å²) in [4.78, 5) is 23.7. The Hall–Kier alpha value is -2.22. The summed E-state index contributed by atoms with van der Waals surface area (Å²) < 4.78 is 55.1. The molecule has 10 nitrogen and oxygen atoms in total. The highest BCUT2D eigenvalue weighted by Crippen LogP contribution is 2.39. The van der Waals surface area contributed by atoms with E-state index in [1.165, 1.54) is 15.1 Å². The average Bonchev–Trinajstić information content (AvgIpc) is 3.16. The Labute approximate surface area is 209 Å². The Kier molecular flexibility index (Phi) is 7.65. The van der Waals surface area contributed by atoms with E-state index in [0.29, 0.717) is 57.1 Å². The second-order valence-electron chi connectivity index (χ2n) is 10.3. The number of aromatic nitrogens is 3. The van der Waals surface area contributed by atoms with Crippen molar-refractivity contribution in [2.24, 2.45) is 0 Å². The molecule has 2 aromatic heterocycles. The van der Waals surface area contributed by atoms with Gasteiger partial charge >= 0.3 is 0 Å². The fourth-order valence-corrected chi connectivity index (χ4v) is 6.70. The molecule has 200 valence electrons. The van der Waals surface area contributed by atoms with Gasteiger partial charge in [0, 0.05) is 37.3 Å². The third-order valence-electron chi connectivity index (χ3n) is 7.20. The molecule has 1 saturated carbocycles. The number of hydrogen-bond donors (Lipinski definition) is 2. The molecule has 2 fully saturated rings. The molecule has 0 radical (unpaired) electrons. The van der Waals surface area contributed by atoms with Crippen LogP contribution in [0.15, 0.2) is 17.1 Å². The minimum Gasteiger partial charge on any atom is -0.388 e. The number of halogens is 2. The number of piperidine rings is 1. The van der Waals surface area contributed by atoms with E-state index in [2.05, 4.69) is 15.3 Å². The molecule has 1 aliphatic heterocycles. The molecule has 0 amide bonds. The Balaban J connectivity index is 1.57. The third-order valence-corrected chi connectivity index (χ3v) is 9.05. The van der Waals surface area contributed by atoms with Crippen molar-refractivity contribution < 1.29 is 22.3 Å². The fraction of sp³-hybridized carbons (Fsp3) is 0.696. The first kappa shape index (κ1) is 26.8. The molecule has 2 aromatic rings. The highest BCUT2D eigenvalue weighted by molar-refractivity contribution is 7.89. The Morgan fingerprint density at radius 1 is 1.28 bits per heavy atom. The maximum absolute atomic E-state index is 13.6. The van der Waals surface area contributed by atoms with E-state index in [4.69, 9.17) is 0 Å². The Morgan fingerprint density at radius 3 is 2.56 bits per heavy atom. The van der Waals surface area contributed by atoms with Gasteiger partial charge in [0.05, 0.1) is 23.0 Å². The van der Waals surface area contributed by atoms with Gasteiger partial charge in [0.25, 0.3) is 12.0 Å². The van der Waals surface area contributed by atoms with Gasteiger partial charge in [-0.15, -0.1) is 0 Å². The average molecular weight is 529 g/mol. The van der Waals surface area contributed by atoms with Crippen molar-refractivity contribution in [3.05, 3.63) is 28.2 Å². The zero-order valence-corrected chi connectivity index (χ0v) is 21.6. The predicted molar refractivity (Wildman–Crippen MR) is 133 cm³/mol. The molecule has 13 heteroatoms. The summed E-state index contributed by atoms with van der Waals surface area (Å²) in [7, 11) is 0.324. The number of sulfonamides is 1.